The molecule has 1 aromatic carbocycles. The monoisotopic (exact) mass is 335 g/mol. The fourth-order valence-corrected chi connectivity index (χ4v) is 2.77. The highest BCUT2D eigenvalue weighted by molar-refractivity contribution is 7.92. The molecule has 0 aliphatic carbocycles. The second kappa shape index (κ2) is 5.97. The lowest BCUT2D eigenvalue weighted by Crippen LogP contribution is -2.14. The minimum atomic E-state index is -4.63. The smallest absolute Gasteiger partial charge is 0.394 e. The summed E-state index contributed by atoms with van der Waals surface area (Å²) in [6.45, 7) is -0.00716. The zero-order valence-corrected chi connectivity index (χ0v) is 11.9. The van der Waals surface area contributed by atoms with Crippen molar-refractivity contribution in [1.82, 2.24) is 9.78 Å². The van der Waals surface area contributed by atoms with Gasteiger partial charge < -0.3 is 5.11 Å². The topological polar surface area (TPSA) is 84.2 Å². The fraction of sp³-hybridized carbons (Fsp3) is 0.250. The number of sulfonamides is 1. The van der Waals surface area contributed by atoms with E-state index in [1.165, 1.54) is 17.1 Å². The molecular weight excluding hydrogens is 323 g/mol. The van der Waals surface area contributed by atoms with E-state index < -0.39 is 26.7 Å². The van der Waals surface area contributed by atoms with Crippen molar-refractivity contribution in [1.29, 1.82) is 0 Å². The highest BCUT2D eigenvalue weighted by atomic mass is 32.2. The minimum absolute atomic E-state index is 0.0888. The first kappa shape index (κ1) is 16.3. The van der Waals surface area contributed by atoms with Gasteiger partial charge in [-0.3, -0.25) is 9.40 Å². The molecule has 120 valence electrons. The summed E-state index contributed by atoms with van der Waals surface area (Å²) in [5, 5.41) is 12.5. The van der Waals surface area contributed by atoms with Crippen LogP contribution in [0.5, 0.6) is 0 Å². The summed E-state index contributed by atoms with van der Waals surface area (Å²) in [5.74, 6) is 0. The lowest BCUT2D eigenvalue weighted by atomic mass is 10.2. The third kappa shape index (κ3) is 3.77. The van der Waals surface area contributed by atoms with Gasteiger partial charge in [0.05, 0.1) is 35.5 Å². The Hall–Kier alpha value is -2.07. The van der Waals surface area contributed by atoms with E-state index in [-0.39, 0.29) is 18.8 Å². The second-order valence-electron chi connectivity index (χ2n) is 4.35. The van der Waals surface area contributed by atoms with Gasteiger partial charge in [0.1, 0.15) is 0 Å². The molecule has 0 atom stereocenters. The van der Waals surface area contributed by atoms with Crippen molar-refractivity contribution in [3.63, 3.8) is 0 Å². The number of nitrogens with one attached hydrogen (secondary N) is 1. The van der Waals surface area contributed by atoms with Crippen LogP contribution in [0.3, 0.4) is 0 Å². The molecule has 0 bridgehead atoms. The van der Waals surface area contributed by atoms with Crippen LogP contribution in [0.15, 0.2) is 41.6 Å². The summed E-state index contributed by atoms with van der Waals surface area (Å²) in [6, 6.07) is 3.43. The predicted octanol–water partition coefficient (Wildman–Crippen LogP) is 1.69. The molecule has 0 fully saturated rings. The number of hydrogen-bond donors (Lipinski definition) is 2. The molecule has 0 amide bonds. The van der Waals surface area contributed by atoms with Crippen molar-refractivity contribution in [3.05, 3.63) is 42.2 Å². The number of hydrogen-bond acceptors (Lipinski definition) is 4. The number of nitrogens with zero attached hydrogens (tertiary/aromatic N) is 2. The molecule has 2 aromatic rings. The van der Waals surface area contributed by atoms with Crippen molar-refractivity contribution >= 4 is 15.7 Å². The van der Waals surface area contributed by atoms with Crippen LogP contribution in [-0.2, 0) is 22.7 Å². The molecule has 6 nitrogen and oxygen atoms in total. The average molecular weight is 335 g/mol. The standard InChI is InChI=1S/C12H12F3N3O3S/c13-12(14,15)9-2-1-3-11(6-9)22(20,21)17-10-7-16-18(8-10)4-5-19/h1-3,6-8,17,19H,4-5H2. The third-order valence-corrected chi connectivity index (χ3v) is 4.07. The molecule has 0 aliphatic rings. The normalized spacial score (nSPS) is 12.4. The van der Waals surface area contributed by atoms with Gasteiger partial charge in [0, 0.05) is 6.20 Å². The maximum Gasteiger partial charge on any atom is 0.416 e. The van der Waals surface area contributed by atoms with Crippen LogP contribution < -0.4 is 4.72 Å². The number of halogens is 3. The Balaban J connectivity index is 2.26. The number of alkyl halides is 3. The van der Waals surface area contributed by atoms with Crippen molar-refractivity contribution in [2.75, 3.05) is 11.3 Å². The molecule has 1 heterocycles. The molecule has 0 aliphatic heterocycles. The molecule has 0 spiro atoms. The van der Waals surface area contributed by atoms with Gasteiger partial charge in [0.25, 0.3) is 10.0 Å². The van der Waals surface area contributed by atoms with Crippen molar-refractivity contribution < 1.29 is 26.7 Å². The SMILES string of the molecule is O=S(=O)(Nc1cnn(CCO)c1)c1cccc(C(F)(F)F)c1. The summed E-state index contributed by atoms with van der Waals surface area (Å²) in [7, 11) is -4.16. The quantitative estimate of drug-likeness (QED) is 0.871. The van der Waals surface area contributed by atoms with Gasteiger partial charge in [-0.15, -0.1) is 0 Å². The Morgan fingerprint density at radius 2 is 2.05 bits per heavy atom. The van der Waals surface area contributed by atoms with Crippen LogP contribution in [0, 0.1) is 0 Å². The summed E-state index contributed by atoms with van der Waals surface area (Å²) in [6.07, 6.45) is -2.11. The third-order valence-electron chi connectivity index (χ3n) is 2.69. The summed E-state index contributed by atoms with van der Waals surface area (Å²) in [5.41, 5.74) is -0.961. The Bertz CT molecular complexity index is 756. The van der Waals surface area contributed by atoms with E-state index in [1.807, 2.05) is 0 Å². The van der Waals surface area contributed by atoms with Gasteiger partial charge in [-0.25, -0.2) is 8.42 Å². The van der Waals surface area contributed by atoms with Crippen LogP contribution in [0.25, 0.3) is 0 Å². The zero-order valence-electron chi connectivity index (χ0n) is 11.1. The number of anilines is 1. The van der Waals surface area contributed by atoms with Crippen LogP contribution in [0.1, 0.15) is 5.56 Å². The van der Waals surface area contributed by atoms with Crippen molar-refractivity contribution in [3.8, 4) is 0 Å². The van der Waals surface area contributed by atoms with Gasteiger partial charge in [-0.1, -0.05) is 6.07 Å². The summed E-state index contributed by atoms with van der Waals surface area (Å²) < 4.78 is 65.5. The number of rotatable bonds is 5. The first-order chi connectivity index (χ1) is 10.2. The second-order valence-corrected chi connectivity index (χ2v) is 6.03. The van der Waals surface area contributed by atoms with Crippen LogP contribution in [0.4, 0.5) is 18.9 Å². The Morgan fingerprint density at radius 3 is 2.68 bits per heavy atom. The van der Waals surface area contributed by atoms with E-state index >= 15 is 0 Å². The van der Waals surface area contributed by atoms with E-state index in [2.05, 4.69) is 9.82 Å². The molecule has 22 heavy (non-hydrogen) atoms. The lowest BCUT2D eigenvalue weighted by Gasteiger charge is -2.10. The maximum atomic E-state index is 12.6. The van der Waals surface area contributed by atoms with E-state index in [9.17, 15) is 21.6 Å². The number of aliphatic hydroxyl groups excluding tert-OH is 1. The van der Waals surface area contributed by atoms with Crippen LogP contribution in [-0.4, -0.2) is 29.9 Å². The molecular formula is C12H12F3N3O3S. The van der Waals surface area contributed by atoms with E-state index in [0.717, 1.165) is 18.2 Å². The van der Waals surface area contributed by atoms with E-state index in [0.29, 0.717) is 6.07 Å². The highest BCUT2D eigenvalue weighted by Gasteiger charge is 2.31. The van der Waals surface area contributed by atoms with Gasteiger partial charge in [-0.2, -0.15) is 18.3 Å². The fourth-order valence-electron chi connectivity index (χ4n) is 1.69. The highest BCUT2D eigenvalue weighted by Crippen LogP contribution is 2.30. The predicted molar refractivity (Wildman–Crippen MR) is 71.6 cm³/mol. The molecule has 0 radical (unpaired) electrons. The lowest BCUT2D eigenvalue weighted by molar-refractivity contribution is -0.137. The van der Waals surface area contributed by atoms with Gasteiger partial charge >= 0.3 is 6.18 Å². The summed E-state index contributed by atoms with van der Waals surface area (Å²) in [4.78, 5) is -0.503. The minimum Gasteiger partial charge on any atom is -0.394 e. The first-order valence-corrected chi connectivity index (χ1v) is 7.54. The van der Waals surface area contributed by atoms with Crippen LogP contribution >= 0.6 is 0 Å². The Labute approximate surface area is 124 Å². The Kier molecular flexibility index (Phi) is 4.42. The molecule has 2 rings (SSSR count). The largest absolute Gasteiger partial charge is 0.416 e. The first-order valence-electron chi connectivity index (χ1n) is 6.06. The van der Waals surface area contributed by atoms with Gasteiger partial charge in [0.15, 0.2) is 0 Å². The molecule has 2 N–H and O–H groups in total. The Morgan fingerprint density at radius 1 is 1.32 bits per heavy atom. The van der Waals surface area contributed by atoms with Gasteiger partial charge in [-0.05, 0) is 18.2 Å². The van der Waals surface area contributed by atoms with E-state index in [4.69, 9.17) is 5.11 Å². The molecule has 1 aromatic heterocycles. The molecule has 10 heteroatoms. The van der Waals surface area contributed by atoms with Crippen LogP contribution in [0.2, 0.25) is 0 Å². The van der Waals surface area contributed by atoms with Gasteiger partial charge in [0.2, 0.25) is 0 Å². The number of aromatic nitrogens is 2. The average Bonchev–Trinajstić information content (AvgIpc) is 2.85. The maximum absolute atomic E-state index is 12.6. The van der Waals surface area contributed by atoms with E-state index in [1.54, 1.807) is 0 Å². The summed E-state index contributed by atoms with van der Waals surface area (Å²) >= 11 is 0. The number of aliphatic hydroxyl groups is 1. The van der Waals surface area contributed by atoms with Crippen molar-refractivity contribution in [2.45, 2.75) is 17.6 Å². The molecule has 0 saturated heterocycles. The molecule has 0 saturated carbocycles. The molecule has 0 unspecified atom stereocenters. The zero-order chi connectivity index (χ0) is 16.4. The van der Waals surface area contributed by atoms with Crippen molar-refractivity contribution in [2.24, 2.45) is 0 Å². The number of benzene rings is 1.